The zero-order valence-corrected chi connectivity index (χ0v) is 15.6. The smallest absolute Gasteiger partial charge is 0.244 e. The number of methoxy groups -OCH3 is 3. The van der Waals surface area contributed by atoms with Gasteiger partial charge < -0.3 is 19.5 Å². The first kappa shape index (κ1) is 19.4. The molecule has 0 saturated carbocycles. The van der Waals surface area contributed by atoms with Crippen LogP contribution in [0.1, 0.15) is 30.5 Å². The predicted molar refractivity (Wildman–Crippen MR) is 103 cm³/mol. The van der Waals surface area contributed by atoms with Crippen molar-refractivity contribution in [2.45, 2.75) is 19.4 Å². The monoisotopic (exact) mass is 355 g/mol. The van der Waals surface area contributed by atoms with E-state index in [1.807, 2.05) is 49.4 Å². The third kappa shape index (κ3) is 5.02. The minimum Gasteiger partial charge on any atom is -0.497 e. The van der Waals surface area contributed by atoms with E-state index in [9.17, 15) is 4.79 Å². The molecule has 0 aliphatic rings. The van der Waals surface area contributed by atoms with Crippen molar-refractivity contribution < 1.29 is 19.0 Å². The Morgan fingerprint density at radius 2 is 1.65 bits per heavy atom. The molecule has 0 fully saturated rings. The largest absolute Gasteiger partial charge is 0.497 e. The van der Waals surface area contributed by atoms with Gasteiger partial charge in [0.15, 0.2) is 0 Å². The molecule has 5 heteroatoms. The third-order valence-corrected chi connectivity index (χ3v) is 4.09. The van der Waals surface area contributed by atoms with E-state index in [0.29, 0.717) is 11.5 Å². The molecule has 0 aliphatic carbocycles. The Balaban J connectivity index is 2.09. The summed E-state index contributed by atoms with van der Waals surface area (Å²) in [4.78, 5) is 12.3. The Hall–Kier alpha value is -2.95. The van der Waals surface area contributed by atoms with Gasteiger partial charge in [-0.3, -0.25) is 4.79 Å². The number of benzene rings is 2. The maximum atomic E-state index is 12.3. The first-order valence-electron chi connectivity index (χ1n) is 8.45. The number of hydrogen-bond donors (Lipinski definition) is 1. The van der Waals surface area contributed by atoms with E-state index < -0.39 is 0 Å². The Bertz CT molecular complexity index is 753. The fourth-order valence-corrected chi connectivity index (χ4v) is 2.61. The Morgan fingerprint density at radius 3 is 2.23 bits per heavy atom. The van der Waals surface area contributed by atoms with Gasteiger partial charge in [0.05, 0.1) is 27.4 Å². The van der Waals surface area contributed by atoms with Gasteiger partial charge in [-0.1, -0.05) is 19.1 Å². The van der Waals surface area contributed by atoms with E-state index in [1.54, 1.807) is 27.4 Å². The van der Waals surface area contributed by atoms with E-state index in [0.717, 1.165) is 23.3 Å². The molecule has 0 heterocycles. The Labute approximate surface area is 154 Å². The van der Waals surface area contributed by atoms with Gasteiger partial charge >= 0.3 is 0 Å². The molecule has 26 heavy (non-hydrogen) atoms. The van der Waals surface area contributed by atoms with Crippen LogP contribution in [-0.4, -0.2) is 27.2 Å². The topological polar surface area (TPSA) is 56.8 Å². The summed E-state index contributed by atoms with van der Waals surface area (Å²) in [6, 6.07) is 13.1. The number of carbonyl (C=O) groups excluding carboxylic acids is 1. The van der Waals surface area contributed by atoms with E-state index >= 15 is 0 Å². The number of rotatable bonds is 8. The van der Waals surface area contributed by atoms with Gasteiger partial charge in [0.1, 0.15) is 17.2 Å². The van der Waals surface area contributed by atoms with Crippen LogP contribution in [0.3, 0.4) is 0 Å². The minimum atomic E-state index is -0.169. The molecule has 2 rings (SSSR count). The van der Waals surface area contributed by atoms with E-state index in [4.69, 9.17) is 14.2 Å². The van der Waals surface area contributed by atoms with Crippen LogP contribution >= 0.6 is 0 Å². The maximum Gasteiger partial charge on any atom is 0.244 e. The lowest BCUT2D eigenvalue weighted by atomic mass is 10.0. The van der Waals surface area contributed by atoms with Gasteiger partial charge in [-0.15, -0.1) is 0 Å². The summed E-state index contributed by atoms with van der Waals surface area (Å²) in [6.45, 7) is 2.03. The molecule has 0 spiro atoms. The zero-order chi connectivity index (χ0) is 18.9. The number of hydrogen-bond acceptors (Lipinski definition) is 4. The van der Waals surface area contributed by atoms with Gasteiger partial charge in [-0.2, -0.15) is 0 Å². The molecular formula is C21H25NO4. The molecule has 1 amide bonds. The minimum absolute atomic E-state index is 0.0646. The molecule has 5 nitrogen and oxygen atoms in total. The summed E-state index contributed by atoms with van der Waals surface area (Å²) in [5.74, 6) is 2.00. The molecule has 138 valence electrons. The highest BCUT2D eigenvalue weighted by molar-refractivity contribution is 5.92. The van der Waals surface area contributed by atoms with Crippen molar-refractivity contribution in [2.75, 3.05) is 21.3 Å². The van der Waals surface area contributed by atoms with Crippen molar-refractivity contribution in [1.82, 2.24) is 5.32 Å². The van der Waals surface area contributed by atoms with Crippen LogP contribution in [0.2, 0.25) is 0 Å². The SMILES string of the molecule is CC[C@@H](NC(=O)/C=C/c1cc(OC)ccc1OC)c1ccc(OC)cc1. The van der Waals surface area contributed by atoms with Crippen LogP contribution < -0.4 is 19.5 Å². The van der Waals surface area contributed by atoms with Crippen LogP contribution in [0.4, 0.5) is 0 Å². The molecule has 1 N–H and O–H groups in total. The van der Waals surface area contributed by atoms with Crippen molar-refractivity contribution in [3.63, 3.8) is 0 Å². The lowest BCUT2D eigenvalue weighted by Crippen LogP contribution is -2.26. The lowest BCUT2D eigenvalue weighted by Gasteiger charge is -2.16. The van der Waals surface area contributed by atoms with Crippen molar-refractivity contribution in [2.24, 2.45) is 0 Å². The number of ether oxygens (including phenoxy) is 3. The first-order valence-corrected chi connectivity index (χ1v) is 8.45. The van der Waals surface area contributed by atoms with Gasteiger partial charge in [-0.25, -0.2) is 0 Å². The second kappa shape index (κ2) is 9.51. The first-order chi connectivity index (χ1) is 12.6. The van der Waals surface area contributed by atoms with Crippen molar-refractivity contribution >= 4 is 12.0 Å². The average molecular weight is 355 g/mol. The standard InChI is InChI=1S/C21H25NO4/c1-5-19(15-6-9-17(24-2)10-7-15)22-21(23)13-8-16-14-18(25-3)11-12-20(16)26-4/h6-14,19H,5H2,1-4H3,(H,22,23)/b13-8+/t19-/m1/s1. The van der Waals surface area contributed by atoms with E-state index in [2.05, 4.69) is 5.32 Å². The molecule has 2 aromatic carbocycles. The highest BCUT2D eigenvalue weighted by Crippen LogP contribution is 2.25. The molecule has 0 bridgehead atoms. The highest BCUT2D eigenvalue weighted by Gasteiger charge is 2.11. The molecule has 0 aliphatic heterocycles. The summed E-state index contributed by atoms with van der Waals surface area (Å²) in [6.07, 6.45) is 4.01. The third-order valence-electron chi connectivity index (χ3n) is 4.09. The van der Waals surface area contributed by atoms with Crippen LogP contribution in [0.15, 0.2) is 48.5 Å². The highest BCUT2D eigenvalue weighted by atomic mass is 16.5. The molecule has 0 saturated heterocycles. The molecule has 2 aromatic rings. The molecule has 0 radical (unpaired) electrons. The quantitative estimate of drug-likeness (QED) is 0.728. The second-order valence-electron chi connectivity index (χ2n) is 5.68. The van der Waals surface area contributed by atoms with Crippen molar-refractivity contribution in [3.8, 4) is 17.2 Å². The van der Waals surface area contributed by atoms with Gasteiger partial charge in [0, 0.05) is 11.6 Å². The van der Waals surface area contributed by atoms with E-state index in [-0.39, 0.29) is 11.9 Å². The number of nitrogens with one attached hydrogen (secondary N) is 1. The molecule has 0 aromatic heterocycles. The summed E-state index contributed by atoms with van der Waals surface area (Å²) >= 11 is 0. The molecular weight excluding hydrogens is 330 g/mol. The summed E-state index contributed by atoms with van der Waals surface area (Å²) < 4.78 is 15.7. The summed E-state index contributed by atoms with van der Waals surface area (Å²) in [5, 5.41) is 3.02. The normalized spacial score (nSPS) is 11.8. The molecule has 0 unspecified atom stereocenters. The van der Waals surface area contributed by atoms with Gasteiger partial charge in [0.2, 0.25) is 5.91 Å². The van der Waals surface area contributed by atoms with Crippen LogP contribution in [0, 0.1) is 0 Å². The van der Waals surface area contributed by atoms with Crippen LogP contribution in [-0.2, 0) is 4.79 Å². The maximum absolute atomic E-state index is 12.3. The predicted octanol–water partition coefficient (Wildman–Crippen LogP) is 3.99. The fraction of sp³-hybridized carbons (Fsp3) is 0.286. The van der Waals surface area contributed by atoms with Crippen molar-refractivity contribution in [3.05, 3.63) is 59.7 Å². The molecule has 1 atom stereocenters. The summed E-state index contributed by atoms with van der Waals surface area (Å²) in [7, 11) is 4.82. The Kier molecular flexibility index (Phi) is 7.09. The van der Waals surface area contributed by atoms with Gasteiger partial charge in [0.25, 0.3) is 0 Å². The fourth-order valence-electron chi connectivity index (χ4n) is 2.61. The average Bonchev–Trinajstić information content (AvgIpc) is 2.70. The number of carbonyl (C=O) groups is 1. The number of amides is 1. The lowest BCUT2D eigenvalue weighted by molar-refractivity contribution is -0.117. The second-order valence-corrected chi connectivity index (χ2v) is 5.68. The van der Waals surface area contributed by atoms with E-state index in [1.165, 1.54) is 6.08 Å². The zero-order valence-electron chi connectivity index (χ0n) is 15.6. The van der Waals surface area contributed by atoms with Crippen LogP contribution in [0.25, 0.3) is 6.08 Å². The summed E-state index contributed by atoms with van der Waals surface area (Å²) in [5.41, 5.74) is 1.81. The van der Waals surface area contributed by atoms with Crippen molar-refractivity contribution in [1.29, 1.82) is 0 Å². The van der Waals surface area contributed by atoms with Gasteiger partial charge in [-0.05, 0) is 48.4 Å². The van der Waals surface area contributed by atoms with Crippen LogP contribution in [0.5, 0.6) is 17.2 Å². The Morgan fingerprint density at radius 1 is 1.00 bits per heavy atom.